The van der Waals surface area contributed by atoms with Gasteiger partial charge in [-0.3, -0.25) is 0 Å². The lowest BCUT2D eigenvalue weighted by Crippen LogP contribution is -2.38. The summed E-state index contributed by atoms with van der Waals surface area (Å²) in [4.78, 5) is 2.03. The van der Waals surface area contributed by atoms with E-state index < -0.39 is 10.2 Å². The van der Waals surface area contributed by atoms with Crippen LogP contribution in [0.1, 0.15) is 137 Å². The molecule has 0 spiro atoms. The molecule has 0 saturated heterocycles. The van der Waals surface area contributed by atoms with E-state index in [9.17, 15) is 8.42 Å². The molecule has 0 aromatic rings. The van der Waals surface area contributed by atoms with Crippen LogP contribution in [0.4, 0.5) is 0 Å². The van der Waals surface area contributed by atoms with Crippen molar-refractivity contribution in [2.75, 3.05) is 32.8 Å². The van der Waals surface area contributed by atoms with E-state index in [2.05, 4.69) is 41.8 Å². The zero-order chi connectivity index (χ0) is 26.9. The Bertz CT molecular complexity index is 644. The Labute approximate surface area is 224 Å². The van der Waals surface area contributed by atoms with Crippen LogP contribution in [0.2, 0.25) is 0 Å². The molecule has 0 unspecified atom stereocenters. The molecule has 0 radical (unpaired) electrons. The van der Waals surface area contributed by atoms with Gasteiger partial charge in [0.1, 0.15) is 0 Å². The summed E-state index contributed by atoms with van der Waals surface area (Å²) in [5.74, 6) is 0.540. The number of rotatable bonds is 21. The highest BCUT2D eigenvalue weighted by Gasteiger charge is 2.29. The molecule has 0 aromatic carbocycles. The molecular weight excluding hydrogens is 472 g/mol. The minimum absolute atomic E-state index is 0.151. The molecule has 0 aromatic heterocycles. The van der Waals surface area contributed by atoms with Gasteiger partial charge in [0.25, 0.3) is 5.90 Å². The van der Waals surface area contributed by atoms with Crippen molar-refractivity contribution in [3.8, 4) is 0 Å². The van der Waals surface area contributed by atoms with Gasteiger partial charge in [0.2, 0.25) is 5.84 Å². The van der Waals surface area contributed by atoms with E-state index in [4.69, 9.17) is 4.74 Å². The molecule has 0 saturated carbocycles. The second-order valence-corrected chi connectivity index (χ2v) is 10.9. The van der Waals surface area contributed by atoms with Gasteiger partial charge in [-0.1, -0.05) is 105 Å². The molecule has 0 atom stereocenters. The fourth-order valence-electron chi connectivity index (χ4n) is 4.00. The van der Waals surface area contributed by atoms with Crippen molar-refractivity contribution in [1.29, 1.82) is 0 Å². The summed E-state index contributed by atoms with van der Waals surface area (Å²) >= 11 is 0. The van der Waals surface area contributed by atoms with Crippen LogP contribution < -0.4 is 5.32 Å². The SMILES string of the molecule is CCCCCCN(CCCCCC)C1=NS(=O)(=O)N=C1OCC.CCCCCCNCCCCCC. The Morgan fingerprint density at radius 2 is 1.08 bits per heavy atom. The summed E-state index contributed by atoms with van der Waals surface area (Å²) in [6, 6.07) is 0. The minimum Gasteiger partial charge on any atom is -0.475 e. The van der Waals surface area contributed by atoms with Crippen LogP contribution in [0.15, 0.2) is 8.80 Å². The third kappa shape index (κ3) is 19.0. The Hall–Kier alpha value is -1.15. The first-order chi connectivity index (χ1) is 17.5. The van der Waals surface area contributed by atoms with Gasteiger partial charge in [0.15, 0.2) is 0 Å². The molecule has 0 fully saturated rings. The number of nitrogens with one attached hydrogen (secondary N) is 1. The fraction of sp³-hybridized carbons (Fsp3) is 0.929. The minimum atomic E-state index is -3.77. The van der Waals surface area contributed by atoms with E-state index in [1.165, 1.54) is 90.1 Å². The van der Waals surface area contributed by atoms with Crippen LogP contribution in [-0.4, -0.2) is 57.8 Å². The summed E-state index contributed by atoms with van der Waals surface area (Å²) in [5.41, 5.74) is 0. The Morgan fingerprint density at radius 3 is 1.50 bits per heavy atom. The number of nitrogens with zero attached hydrogens (tertiary/aromatic N) is 3. The van der Waals surface area contributed by atoms with Crippen LogP contribution >= 0.6 is 0 Å². The van der Waals surface area contributed by atoms with E-state index in [0.29, 0.717) is 12.4 Å². The highest BCUT2D eigenvalue weighted by molar-refractivity contribution is 7.89. The molecule has 0 aliphatic carbocycles. The molecule has 1 N–H and O–H groups in total. The zero-order valence-corrected chi connectivity index (χ0v) is 25.1. The van der Waals surface area contributed by atoms with E-state index in [0.717, 1.165) is 38.8 Å². The van der Waals surface area contributed by atoms with Crippen molar-refractivity contribution in [3.05, 3.63) is 0 Å². The van der Waals surface area contributed by atoms with Gasteiger partial charge in [-0.25, -0.2) is 0 Å². The van der Waals surface area contributed by atoms with Crippen LogP contribution in [0.5, 0.6) is 0 Å². The summed E-state index contributed by atoms with van der Waals surface area (Å²) in [7, 11) is -3.77. The molecule has 7 nitrogen and oxygen atoms in total. The van der Waals surface area contributed by atoms with E-state index in [1.807, 2.05) is 11.8 Å². The quantitative estimate of drug-likeness (QED) is 0.158. The first-order valence-corrected chi connectivity index (χ1v) is 16.4. The lowest BCUT2D eigenvalue weighted by molar-refractivity contribution is 0.323. The van der Waals surface area contributed by atoms with Crippen LogP contribution in [0.25, 0.3) is 0 Å². The zero-order valence-electron chi connectivity index (χ0n) is 24.3. The van der Waals surface area contributed by atoms with Crippen molar-refractivity contribution in [3.63, 3.8) is 0 Å². The van der Waals surface area contributed by atoms with Gasteiger partial charge in [0, 0.05) is 13.1 Å². The smallest absolute Gasteiger partial charge is 0.368 e. The fourth-order valence-corrected chi connectivity index (χ4v) is 4.79. The Balaban J connectivity index is 0.000000802. The number of unbranched alkanes of at least 4 members (excludes halogenated alkanes) is 12. The van der Waals surface area contributed by atoms with Gasteiger partial charge >= 0.3 is 10.2 Å². The van der Waals surface area contributed by atoms with Gasteiger partial charge in [0.05, 0.1) is 6.61 Å². The third-order valence-corrected chi connectivity index (χ3v) is 6.95. The van der Waals surface area contributed by atoms with Gasteiger partial charge < -0.3 is 15.0 Å². The number of amidine groups is 1. The number of ether oxygens (including phenoxy) is 1. The molecule has 1 aliphatic heterocycles. The maximum atomic E-state index is 11.7. The molecular formula is C28H58N4O3S. The molecule has 36 heavy (non-hydrogen) atoms. The summed E-state index contributed by atoms with van der Waals surface area (Å²) in [6.07, 6.45) is 20.1. The molecule has 214 valence electrons. The van der Waals surface area contributed by atoms with E-state index in [1.54, 1.807) is 0 Å². The Kier molecular flexibility index (Phi) is 23.4. The molecule has 1 aliphatic rings. The molecule has 1 rings (SSSR count). The van der Waals surface area contributed by atoms with Gasteiger partial charge in [-0.15, -0.1) is 8.80 Å². The van der Waals surface area contributed by atoms with Gasteiger partial charge in [-0.2, -0.15) is 8.42 Å². The van der Waals surface area contributed by atoms with Crippen LogP contribution in [0.3, 0.4) is 0 Å². The number of hydrogen-bond acceptors (Lipinski definition) is 5. The second kappa shape index (κ2) is 24.2. The van der Waals surface area contributed by atoms with Crippen LogP contribution in [0, 0.1) is 0 Å². The first-order valence-electron chi connectivity index (χ1n) is 15.0. The van der Waals surface area contributed by atoms with Gasteiger partial charge in [-0.05, 0) is 45.7 Å². The third-order valence-electron chi connectivity index (χ3n) is 6.15. The largest absolute Gasteiger partial charge is 0.475 e. The standard InChI is InChI=1S/C16H31N3O3S.C12H27N/c1-4-7-9-11-13-19(14-12-10-8-5-2)15-16(22-6-3)18-23(20,21)17-15;1-3-5-7-9-11-13-12-10-8-6-4-2/h4-14H2,1-3H3;13H,3-12H2,1-2H3. The molecule has 0 bridgehead atoms. The first kappa shape index (κ1) is 34.9. The lowest BCUT2D eigenvalue weighted by atomic mass is 10.1. The average molecular weight is 531 g/mol. The second-order valence-electron chi connectivity index (χ2n) is 9.67. The summed E-state index contributed by atoms with van der Waals surface area (Å²) in [5, 5.41) is 3.50. The number of hydrogen-bond donors (Lipinski definition) is 1. The van der Waals surface area contributed by atoms with E-state index >= 15 is 0 Å². The lowest BCUT2D eigenvalue weighted by Gasteiger charge is -2.24. The predicted octanol–water partition coefficient (Wildman–Crippen LogP) is 7.28. The average Bonchev–Trinajstić information content (AvgIpc) is 3.16. The maximum Gasteiger partial charge on any atom is 0.368 e. The molecule has 1 heterocycles. The summed E-state index contributed by atoms with van der Waals surface area (Å²) in [6.45, 7) is 15.1. The molecule has 8 heteroatoms. The highest BCUT2D eigenvalue weighted by Crippen LogP contribution is 2.14. The summed E-state index contributed by atoms with van der Waals surface area (Å²) < 4.78 is 36.2. The van der Waals surface area contributed by atoms with E-state index in [-0.39, 0.29) is 5.90 Å². The molecule has 0 amide bonds. The topological polar surface area (TPSA) is 83.4 Å². The van der Waals surface area contributed by atoms with Crippen molar-refractivity contribution in [1.82, 2.24) is 10.2 Å². The van der Waals surface area contributed by atoms with Crippen LogP contribution in [-0.2, 0) is 14.9 Å². The highest BCUT2D eigenvalue weighted by atomic mass is 32.2. The van der Waals surface area contributed by atoms with Crippen molar-refractivity contribution >= 4 is 21.9 Å². The maximum absolute atomic E-state index is 11.7. The van der Waals surface area contributed by atoms with Crippen molar-refractivity contribution in [2.45, 2.75) is 137 Å². The normalized spacial score (nSPS) is 14.1. The Morgan fingerprint density at radius 1 is 0.639 bits per heavy atom. The predicted molar refractivity (Wildman–Crippen MR) is 156 cm³/mol. The monoisotopic (exact) mass is 530 g/mol. The van der Waals surface area contributed by atoms with Crippen molar-refractivity contribution in [2.24, 2.45) is 8.80 Å². The van der Waals surface area contributed by atoms with Crippen molar-refractivity contribution < 1.29 is 13.2 Å².